The molecule has 90 valence electrons. The molecule has 1 aromatic rings. The van der Waals surface area contributed by atoms with Crippen LogP contribution in [-0.2, 0) is 9.59 Å². The van der Waals surface area contributed by atoms with Crippen LogP contribution in [-0.4, -0.2) is 16.7 Å². The van der Waals surface area contributed by atoms with Gasteiger partial charge in [0.1, 0.15) is 0 Å². The van der Waals surface area contributed by atoms with Gasteiger partial charge in [-0.05, 0) is 31.0 Å². The number of likely N-dealkylation sites (tertiary alicyclic amines) is 1. The van der Waals surface area contributed by atoms with Crippen LogP contribution in [0.4, 0.5) is 0 Å². The molecule has 4 heteroatoms. The van der Waals surface area contributed by atoms with Crippen LogP contribution in [0.3, 0.4) is 0 Å². The van der Waals surface area contributed by atoms with E-state index in [1.165, 1.54) is 4.90 Å². The number of hydrogen-bond acceptors (Lipinski definition) is 2. The van der Waals surface area contributed by atoms with Gasteiger partial charge in [0.2, 0.25) is 11.8 Å². The lowest BCUT2D eigenvalue weighted by Crippen LogP contribution is -2.41. The SMILES string of the molecule is CC(c1ccc(Br)cc1)N1C(=O)CCCC1=O. The van der Waals surface area contributed by atoms with E-state index in [-0.39, 0.29) is 17.9 Å². The fourth-order valence-electron chi connectivity index (χ4n) is 2.09. The Kier molecular flexibility index (Phi) is 3.62. The molecule has 3 nitrogen and oxygen atoms in total. The Balaban J connectivity index is 2.23. The maximum atomic E-state index is 11.8. The van der Waals surface area contributed by atoms with Crippen molar-refractivity contribution in [3.63, 3.8) is 0 Å². The zero-order chi connectivity index (χ0) is 12.4. The van der Waals surface area contributed by atoms with Crippen LogP contribution in [0.25, 0.3) is 0 Å². The topological polar surface area (TPSA) is 37.4 Å². The lowest BCUT2D eigenvalue weighted by atomic mass is 10.0. The van der Waals surface area contributed by atoms with Gasteiger partial charge in [-0.15, -0.1) is 0 Å². The number of hydrogen-bond donors (Lipinski definition) is 0. The summed E-state index contributed by atoms with van der Waals surface area (Å²) in [5, 5.41) is 0. The van der Waals surface area contributed by atoms with Gasteiger partial charge in [-0.1, -0.05) is 28.1 Å². The normalized spacial score (nSPS) is 18.4. The van der Waals surface area contributed by atoms with Gasteiger partial charge in [-0.2, -0.15) is 0 Å². The summed E-state index contributed by atoms with van der Waals surface area (Å²) in [5.41, 5.74) is 0.983. The van der Waals surface area contributed by atoms with Crippen molar-refractivity contribution in [2.45, 2.75) is 32.2 Å². The van der Waals surface area contributed by atoms with Crippen molar-refractivity contribution in [1.82, 2.24) is 4.90 Å². The maximum Gasteiger partial charge on any atom is 0.229 e. The molecule has 0 radical (unpaired) electrons. The molecule has 2 rings (SSSR count). The summed E-state index contributed by atoms with van der Waals surface area (Å²) in [6.07, 6.45) is 1.64. The molecule has 0 aromatic heterocycles. The number of nitrogens with zero attached hydrogens (tertiary/aromatic N) is 1. The molecule has 0 N–H and O–H groups in total. The first-order chi connectivity index (χ1) is 8.09. The van der Waals surface area contributed by atoms with Crippen LogP contribution in [0.5, 0.6) is 0 Å². The summed E-state index contributed by atoms with van der Waals surface area (Å²) in [6.45, 7) is 1.89. The summed E-state index contributed by atoms with van der Waals surface area (Å²) < 4.78 is 0.991. The van der Waals surface area contributed by atoms with Gasteiger partial charge in [0.15, 0.2) is 0 Å². The van der Waals surface area contributed by atoms with E-state index in [0.29, 0.717) is 19.3 Å². The monoisotopic (exact) mass is 295 g/mol. The predicted octanol–water partition coefficient (Wildman–Crippen LogP) is 3.05. The Morgan fingerprint density at radius 1 is 1.12 bits per heavy atom. The van der Waals surface area contributed by atoms with Crippen molar-refractivity contribution < 1.29 is 9.59 Å². The minimum Gasteiger partial charge on any atom is -0.275 e. The third-order valence-corrected chi connectivity index (χ3v) is 3.59. The number of carbonyl (C=O) groups excluding carboxylic acids is 2. The summed E-state index contributed by atoms with van der Waals surface area (Å²) in [5.74, 6) is -0.117. The molecular weight excluding hydrogens is 282 g/mol. The van der Waals surface area contributed by atoms with Crippen molar-refractivity contribution in [3.05, 3.63) is 34.3 Å². The van der Waals surface area contributed by atoms with Crippen LogP contribution in [0.1, 0.15) is 37.8 Å². The van der Waals surface area contributed by atoms with Crippen LogP contribution in [0, 0.1) is 0 Å². The molecule has 17 heavy (non-hydrogen) atoms. The third kappa shape index (κ3) is 2.57. The van der Waals surface area contributed by atoms with Crippen molar-refractivity contribution in [2.75, 3.05) is 0 Å². The molecular formula is C13H14BrNO2. The van der Waals surface area contributed by atoms with Gasteiger partial charge in [-0.3, -0.25) is 14.5 Å². The van der Waals surface area contributed by atoms with Crippen LogP contribution < -0.4 is 0 Å². The molecule has 0 aliphatic carbocycles. The average molecular weight is 296 g/mol. The Bertz CT molecular complexity index is 425. The molecule has 1 unspecified atom stereocenters. The number of rotatable bonds is 2. The smallest absolute Gasteiger partial charge is 0.229 e. The van der Waals surface area contributed by atoms with Gasteiger partial charge in [0, 0.05) is 17.3 Å². The van der Waals surface area contributed by atoms with E-state index < -0.39 is 0 Å². The first kappa shape index (κ1) is 12.3. The first-order valence-electron chi connectivity index (χ1n) is 5.70. The minimum atomic E-state index is -0.177. The molecule has 2 amide bonds. The molecule has 0 saturated carbocycles. The van der Waals surface area contributed by atoms with Crippen LogP contribution >= 0.6 is 15.9 Å². The Morgan fingerprint density at radius 2 is 1.65 bits per heavy atom. The van der Waals surface area contributed by atoms with Gasteiger partial charge in [-0.25, -0.2) is 0 Å². The number of benzene rings is 1. The van der Waals surface area contributed by atoms with Crippen LogP contribution in [0.15, 0.2) is 28.7 Å². The second kappa shape index (κ2) is 5.00. The van der Waals surface area contributed by atoms with Gasteiger partial charge < -0.3 is 0 Å². The molecule has 1 saturated heterocycles. The van der Waals surface area contributed by atoms with E-state index in [4.69, 9.17) is 0 Å². The molecule has 1 atom stereocenters. The van der Waals surface area contributed by atoms with E-state index in [0.717, 1.165) is 10.0 Å². The largest absolute Gasteiger partial charge is 0.275 e. The summed E-state index contributed by atoms with van der Waals surface area (Å²) in [7, 11) is 0. The van der Waals surface area contributed by atoms with Crippen LogP contribution in [0.2, 0.25) is 0 Å². The predicted molar refractivity (Wildman–Crippen MR) is 68.3 cm³/mol. The van der Waals surface area contributed by atoms with E-state index in [1.807, 2.05) is 31.2 Å². The lowest BCUT2D eigenvalue weighted by Gasteiger charge is -2.30. The quantitative estimate of drug-likeness (QED) is 0.787. The standard InChI is InChI=1S/C13H14BrNO2/c1-9(10-5-7-11(14)8-6-10)15-12(16)3-2-4-13(15)17/h5-9H,2-4H2,1H3. The van der Waals surface area contributed by atoms with Crippen molar-refractivity contribution in [1.29, 1.82) is 0 Å². The van der Waals surface area contributed by atoms with Crippen molar-refractivity contribution in [2.24, 2.45) is 0 Å². The van der Waals surface area contributed by atoms with Gasteiger partial charge >= 0.3 is 0 Å². The van der Waals surface area contributed by atoms with E-state index in [9.17, 15) is 9.59 Å². The van der Waals surface area contributed by atoms with Gasteiger partial charge in [0.25, 0.3) is 0 Å². The van der Waals surface area contributed by atoms with Crippen molar-refractivity contribution in [3.8, 4) is 0 Å². The van der Waals surface area contributed by atoms with E-state index >= 15 is 0 Å². The Hall–Kier alpha value is -1.16. The molecule has 1 aromatic carbocycles. The molecule has 0 spiro atoms. The third-order valence-electron chi connectivity index (χ3n) is 3.06. The fraction of sp³-hybridized carbons (Fsp3) is 0.385. The fourth-order valence-corrected chi connectivity index (χ4v) is 2.36. The Morgan fingerprint density at radius 3 is 2.18 bits per heavy atom. The van der Waals surface area contributed by atoms with Crippen molar-refractivity contribution >= 4 is 27.7 Å². The average Bonchev–Trinajstić information content (AvgIpc) is 2.29. The molecule has 1 fully saturated rings. The maximum absolute atomic E-state index is 11.8. The summed E-state index contributed by atoms with van der Waals surface area (Å²) in [4.78, 5) is 25.0. The zero-order valence-electron chi connectivity index (χ0n) is 9.65. The molecule has 1 aliphatic rings. The first-order valence-corrected chi connectivity index (χ1v) is 6.49. The highest BCUT2D eigenvalue weighted by Gasteiger charge is 2.30. The number of imide groups is 1. The number of piperidine rings is 1. The number of amides is 2. The highest BCUT2D eigenvalue weighted by Crippen LogP contribution is 2.26. The summed E-state index contributed by atoms with van der Waals surface area (Å²) in [6, 6.07) is 7.53. The second-order valence-electron chi connectivity index (χ2n) is 4.24. The lowest BCUT2D eigenvalue weighted by molar-refractivity contribution is -0.150. The Labute approximate surface area is 109 Å². The minimum absolute atomic E-state index is 0.0586. The highest BCUT2D eigenvalue weighted by molar-refractivity contribution is 9.10. The number of carbonyl (C=O) groups is 2. The van der Waals surface area contributed by atoms with E-state index in [1.54, 1.807) is 0 Å². The molecule has 1 aliphatic heterocycles. The van der Waals surface area contributed by atoms with E-state index in [2.05, 4.69) is 15.9 Å². The molecule has 1 heterocycles. The number of halogens is 1. The highest BCUT2D eigenvalue weighted by atomic mass is 79.9. The zero-order valence-corrected chi connectivity index (χ0v) is 11.2. The van der Waals surface area contributed by atoms with Gasteiger partial charge in [0.05, 0.1) is 6.04 Å². The molecule has 0 bridgehead atoms. The summed E-state index contributed by atoms with van der Waals surface area (Å²) >= 11 is 3.37. The second-order valence-corrected chi connectivity index (χ2v) is 5.15.